The number of amides is 1. The maximum Gasteiger partial charge on any atom is 0.274 e. The van der Waals surface area contributed by atoms with E-state index in [1.54, 1.807) is 23.5 Å². The first kappa shape index (κ1) is 21.2. The minimum Gasteiger partial charge on any atom is -0.338 e. The molecule has 4 aromatic rings. The van der Waals surface area contributed by atoms with Gasteiger partial charge < -0.3 is 9.42 Å². The first-order valence-electron chi connectivity index (χ1n) is 11.4. The summed E-state index contributed by atoms with van der Waals surface area (Å²) in [6, 6.07) is 10.2. The van der Waals surface area contributed by atoms with Crippen LogP contribution >= 0.6 is 11.3 Å². The van der Waals surface area contributed by atoms with Crippen LogP contribution in [0, 0.1) is 5.82 Å². The van der Waals surface area contributed by atoms with Crippen LogP contribution in [0.4, 0.5) is 4.39 Å². The number of carbonyl (C=O) groups excluding carboxylic acids is 1. The van der Waals surface area contributed by atoms with Crippen LogP contribution in [0.15, 0.2) is 46.3 Å². The van der Waals surface area contributed by atoms with Gasteiger partial charge in [0, 0.05) is 37.4 Å². The molecule has 1 aliphatic heterocycles. The number of rotatable bonds is 5. The molecular weight excluding hydrogens is 455 g/mol. The average Bonchev–Trinajstić information content (AvgIpc) is 3.64. The van der Waals surface area contributed by atoms with Crippen molar-refractivity contribution < 1.29 is 13.7 Å². The second-order valence-corrected chi connectivity index (χ2v) is 9.52. The van der Waals surface area contributed by atoms with E-state index in [9.17, 15) is 9.18 Å². The molecule has 1 aromatic carbocycles. The molecule has 8 nitrogen and oxygen atoms in total. The summed E-state index contributed by atoms with van der Waals surface area (Å²) in [6.45, 7) is 3.24. The van der Waals surface area contributed by atoms with E-state index in [0.29, 0.717) is 37.0 Å². The maximum atomic E-state index is 13.4. The van der Waals surface area contributed by atoms with E-state index in [1.165, 1.54) is 12.1 Å². The molecule has 1 aliphatic carbocycles. The molecule has 1 amide bonds. The average molecular weight is 479 g/mol. The minimum atomic E-state index is -0.287. The van der Waals surface area contributed by atoms with Crippen LogP contribution in [-0.2, 0) is 19.4 Å². The summed E-state index contributed by atoms with van der Waals surface area (Å²) >= 11 is 1.58. The zero-order chi connectivity index (χ0) is 23.1. The maximum absolute atomic E-state index is 13.4. The fraction of sp³-hybridized carbons (Fsp3) is 0.333. The third kappa shape index (κ3) is 3.92. The van der Waals surface area contributed by atoms with E-state index < -0.39 is 0 Å². The van der Waals surface area contributed by atoms with Crippen molar-refractivity contribution in [1.29, 1.82) is 0 Å². The van der Waals surface area contributed by atoms with Crippen molar-refractivity contribution >= 4 is 17.2 Å². The Morgan fingerprint density at radius 3 is 2.68 bits per heavy atom. The normalized spacial score (nSPS) is 16.2. The third-order valence-corrected chi connectivity index (χ3v) is 7.30. The van der Waals surface area contributed by atoms with Crippen LogP contribution in [0.25, 0.3) is 16.4 Å². The van der Waals surface area contributed by atoms with Gasteiger partial charge in [0.1, 0.15) is 5.82 Å². The summed E-state index contributed by atoms with van der Waals surface area (Å²) in [5.41, 5.74) is 3.41. The molecule has 3 aromatic heterocycles. The SMILES string of the molecule is O=C(c1nn(-c2ccc(F)cc2)c2c1CCC2)N1CCN(Cc2nc(-c3cccs3)no2)CC1. The summed E-state index contributed by atoms with van der Waals surface area (Å²) in [5.74, 6) is 0.880. The van der Waals surface area contributed by atoms with Gasteiger partial charge in [-0.05, 0) is 55.0 Å². The van der Waals surface area contributed by atoms with Gasteiger partial charge >= 0.3 is 0 Å². The molecule has 174 valence electrons. The zero-order valence-electron chi connectivity index (χ0n) is 18.5. The number of halogens is 1. The van der Waals surface area contributed by atoms with Crippen molar-refractivity contribution in [3.8, 4) is 16.4 Å². The molecule has 0 bridgehead atoms. The van der Waals surface area contributed by atoms with Crippen molar-refractivity contribution in [2.24, 2.45) is 0 Å². The fourth-order valence-electron chi connectivity index (χ4n) is 4.68. The number of hydrogen-bond acceptors (Lipinski definition) is 7. The minimum absolute atomic E-state index is 0.0311. The summed E-state index contributed by atoms with van der Waals surface area (Å²) in [4.78, 5) is 23.0. The van der Waals surface area contributed by atoms with Gasteiger partial charge in [0.05, 0.1) is 17.1 Å². The van der Waals surface area contributed by atoms with Crippen molar-refractivity contribution in [1.82, 2.24) is 29.7 Å². The van der Waals surface area contributed by atoms with E-state index >= 15 is 0 Å². The third-order valence-electron chi connectivity index (χ3n) is 6.43. The highest BCUT2D eigenvalue weighted by atomic mass is 32.1. The topological polar surface area (TPSA) is 80.3 Å². The molecule has 2 aliphatic rings. The van der Waals surface area contributed by atoms with Gasteiger partial charge in [-0.2, -0.15) is 10.1 Å². The number of piperazine rings is 1. The van der Waals surface area contributed by atoms with E-state index in [1.807, 2.05) is 27.1 Å². The highest BCUT2D eigenvalue weighted by Gasteiger charge is 2.31. The van der Waals surface area contributed by atoms with E-state index in [0.717, 1.165) is 54.2 Å². The van der Waals surface area contributed by atoms with E-state index in [4.69, 9.17) is 4.52 Å². The van der Waals surface area contributed by atoms with Crippen LogP contribution in [0.1, 0.15) is 34.1 Å². The fourth-order valence-corrected chi connectivity index (χ4v) is 5.33. The summed E-state index contributed by atoms with van der Waals surface area (Å²) in [6.07, 6.45) is 2.72. The second kappa shape index (κ2) is 8.77. The largest absolute Gasteiger partial charge is 0.338 e. The number of carbonyl (C=O) groups is 1. The summed E-state index contributed by atoms with van der Waals surface area (Å²) < 4.78 is 20.6. The highest BCUT2D eigenvalue weighted by molar-refractivity contribution is 7.13. The Kier molecular flexibility index (Phi) is 5.46. The van der Waals surface area contributed by atoms with Gasteiger partial charge in [0.25, 0.3) is 5.91 Å². The van der Waals surface area contributed by atoms with Crippen LogP contribution in [0.2, 0.25) is 0 Å². The first-order valence-corrected chi connectivity index (χ1v) is 12.3. The molecule has 6 rings (SSSR count). The van der Waals surface area contributed by atoms with E-state index in [2.05, 4.69) is 20.1 Å². The molecule has 0 N–H and O–H groups in total. The van der Waals surface area contributed by atoms with Crippen LogP contribution in [0.5, 0.6) is 0 Å². The second-order valence-electron chi connectivity index (χ2n) is 8.57. The Balaban J connectivity index is 1.13. The first-order chi connectivity index (χ1) is 16.7. The van der Waals surface area contributed by atoms with Gasteiger partial charge in [0.2, 0.25) is 11.7 Å². The van der Waals surface area contributed by atoms with Gasteiger partial charge in [-0.25, -0.2) is 9.07 Å². The summed E-state index contributed by atoms with van der Waals surface area (Å²) in [7, 11) is 0. The number of nitrogens with zero attached hydrogens (tertiary/aromatic N) is 6. The van der Waals surface area contributed by atoms with Gasteiger partial charge in [0.15, 0.2) is 5.69 Å². The molecule has 10 heteroatoms. The number of benzene rings is 1. The molecule has 34 heavy (non-hydrogen) atoms. The Morgan fingerprint density at radius 2 is 1.91 bits per heavy atom. The molecule has 0 saturated carbocycles. The molecule has 4 heterocycles. The predicted molar refractivity (Wildman–Crippen MR) is 124 cm³/mol. The number of hydrogen-bond donors (Lipinski definition) is 0. The molecule has 1 fully saturated rings. The smallest absolute Gasteiger partial charge is 0.274 e. The molecule has 0 atom stereocenters. The van der Waals surface area contributed by atoms with Crippen molar-refractivity contribution in [2.45, 2.75) is 25.8 Å². The predicted octanol–water partition coefficient (Wildman–Crippen LogP) is 3.57. The van der Waals surface area contributed by atoms with Crippen molar-refractivity contribution in [3.05, 3.63) is 70.4 Å². The van der Waals surface area contributed by atoms with Gasteiger partial charge in [-0.1, -0.05) is 11.2 Å². The number of fused-ring (bicyclic) bond motifs is 1. The lowest BCUT2D eigenvalue weighted by Gasteiger charge is -2.33. The van der Waals surface area contributed by atoms with Gasteiger partial charge in [-0.15, -0.1) is 11.3 Å². The van der Waals surface area contributed by atoms with Crippen molar-refractivity contribution in [2.75, 3.05) is 26.2 Å². The lowest BCUT2D eigenvalue weighted by Crippen LogP contribution is -2.48. The Morgan fingerprint density at radius 1 is 1.09 bits per heavy atom. The zero-order valence-corrected chi connectivity index (χ0v) is 19.3. The molecule has 0 spiro atoms. The quantitative estimate of drug-likeness (QED) is 0.436. The van der Waals surface area contributed by atoms with Gasteiger partial charge in [-0.3, -0.25) is 9.69 Å². The summed E-state index contributed by atoms with van der Waals surface area (Å²) in [5, 5.41) is 10.7. The number of aromatic nitrogens is 4. The molecule has 0 unspecified atom stereocenters. The monoisotopic (exact) mass is 478 g/mol. The molecule has 0 radical (unpaired) electrons. The molecular formula is C24H23FN6O2S. The highest BCUT2D eigenvalue weighted by Crippen LogP contribution is 2.29. The number of thiophene rings is 1. The Bertz CT molecular complexity index is 1310. The van der Waals surface area contributed by atoms with Crippen LogP contribution < -0.4 is 0 Å². The Hall–Kier alpha value is -3.37. The van der Waals surface area contributed by atoms with Crippen molar-refractivity contribution in [3.63, 3.8) is 0 Å². The molecule has 1 saturated heterocycles. The van der Waals surface area contributed by atoms with Crippen LogP contribution in [0.3, 0.4) is 0 Å². The Labute approximate surface area is 199 Å². The lowest BCUT2D eigenvalue weighted by atomic mass is 10.1. The van der Waals surface area contributed by atoms with E-state index in [-0.39, 0.29) is 11.7 Å². The van der Waals surface area contributed by atoms with Crippen LogP contribution in [-0.4, -0.2) is 61.8 Å². The standard InChI is InChI=1S/C24H23FN6O2S/c25-16-6-8-17(9-7-16)31-19-4-1-3-18(19)22(27-31)24(32)30-12-10-29(11-13-30)15-21-26-23(28-33-21)20-5-2-14-34-20/h2,5-9,14H,1,3-4,10-13,15H2. The lowest BCUT2D eigenvalue weighted by molar-refractivity contribution is 0.0608.